The van der Waals surface area contributed by atoms with Crippen molar-refractivity contribution in [3.63, 3.8) is 0 Å². The molecule has 0 saturated carbocycles. The van der Waals surface area contributed by atoms with Crippen LogP contribution in [0.1, 0.15) is 24.8 Å². The number of amides is 2. The number of hydrogen-bond donors (Lipinski definition) is 1. The van der Waals surface area contributed by atoms with Crippen molar-refractivity contribution in [2.75, 3.05) is 39.4 Å². The summed E-state index contributed by atoms with van der Waals surface area (Å²) in [7, 11) is 0. The molecule has 24 heavy (non-hydrogen) atoms. The minimum atomic E-state index is -0.273. The first kappa shape index (κ1) is 17.2. The Morgan fingerprint density at radius 1 is 1.25 bits per heavy atom. The number of nitrogens with zero attached hydrogens (tertiary/aromatic N) is 2. The Morgan fingerprint density at radius 2 is 2.08 bits per heavy atom. The summed E-state index contributed by atoms with van der Waals surface area (Å²) in [4.78, 5) is 16.9. The monoisotopic (exact) mass is 335 g/mol. The second-order valence-corrected chi connectivity index (χ2v) is 6.54. The molecule has 2 fully saturated rings. The van der Waals surface area contributed by atoms with E-state index in [1.165, 1.54) is 18.6 Å². The molecule has 2 aliphatic rings. The van der Waals surface area contributed by atoms with E-state index in [0.29, 0.717) is 6.54 Å². The Bertz CT molecular complexity index is 549. The molecule has 1 atom stereocenters. The summed E-state index contributed by atoms with van der Waals surface area (Å²) < 4.78 is 18.6. The van der Waals surface area contributed by atoms with E-state index in [9.17, 15) is 9.18 Å². The van der Waals surface area contributed by atoms with Crippen molar-refractivity contribution in [2.45, 2.75) is 31.8 Å². The third kappa shape index (κ3) is 4.68. The normalized spacial score (nSPS) is 22.4. The van der Waals surface area contributed by atoms with Gasteiger partial charge >= 0.3 is 6.03 Å². The van der Waals surface area contributed by atoms with Gasteiger partial charge in [-0.2, -0.15) is 0 Å². The molecule has 132 valence electrons. The lowest BCUT2D eigenvalue weighted by molar-refractivity contribution is 0.0221. The van der Waals surface area contributed by atoms with Gasteiger partial charge in [0.15, 0.2) is 0 Å². The number of benzene rings is 1. The Labute approximate surface area is 142 Å². The SMILES string of the molecule is O=C(NCc1cccc(F)c1)N1CCCC[C@H]1CN1CCOCC1. The summed E-state index contributed by atoms with van der Waals surface area (Å²) in [5.41, 5.74) is 0.782. The lowest BCUT2D eigenvalue weighted by Crippen LogP contribution is -2.53. The minimum Gasteiger partial charge on any atom is -0.379 e. The van der Waals surface area contributed by atoms with E-state index < -0.39 is 0 Å². The van der Waals surface area contributed by atoms with Crippen LogP contribution in [0.5, 0.6) is 0 Å². The summed E-state index contributed by atoms with van der Waals surface area (Å²) in [6.45, 7) is 5.50. The highest BCUT2D eigenvalue weighted by Crippen LogP contribution is 2.19. The summed E-state index contributed by atoms with van der Waals surface area (Å²) in [5.74, 6) is -0.273. The molecule has 6 heteroatoms. The number of nitrogens with one attached hydrogen (secondary N) is 1. The van der Waals surface area contributed by atoms with Crippen LogP contribution in [0.2, 0.25) is 0 Å². The molecule has 2 amide bonds. The van der Waals surface area contributed by atoms with Gasteiger partial charge in [0.2, 0.25) is 0 Å². The predicted octanol–water partition coefficient (Wildman–Crippen LogP) is 2.22. The van der Waals surface area contributed by atoms with E-state index in [4.69, 9.17) is 4.74 Å². The highest BCUT2D eigenvalue weighted by molar-refractivity contribution is 5.74. The van der Waals surface area contributed by atoms with Crippen LogP contribution in [-0.2, 0) is 11.3 Å². The van der Waals surface area contributed by atoms with Crippen LogP contribution in [0, 0.1) is 5.82 Å². The zero-order valence-corrected chi connectivity index (χ0v) is 14.0. The number of halogens is 1. The van der Waals surface area contributed by atoms with E-state index in [1.807, 2.05) is 11.0 Å². The largest absolute Gasteiger partial charge is 0.379 e. The molecule has 1 N–H and O–H groups in total. The van der Waals surface area contributed by atoms with Crippen molar-refractivity contribution in [2.24, 2.45) is 0 Å². The Kier molecular flexibility index (Phi) is 6.04. The number of carbonyl (C=O) groups excluding carboxylic acids is 1. The third-order valence-corrected chi connectivity index (χ3v) is 4.79. The summed E-state index contributed by atoms with van der Waals surface area (Å²) in [6.07, 6.45) is 3.26. The molecule has 0 aliphatic carbocycles. The number of morpholine rings is 1. The van der Waals surface area contributed by atoms with Crippen molar-refractivity contribution in [1.29, 1.82) is 0 Å². The van der Waals surface area contributed by atoms with Gasteiger partial charge in [0.1, 0.15) is 5.82 Å². The van der Waals surface area contributed by atoms with Gasteiger partial charge in [-0.05, 0) is 37.0 Å². The predicted molar refractivity (Wildman–Crippen MR) is 90.2 cm³/mol. The highest BCUT2D eigenvalue weighted by Gasteiger charge is 2.28. The quantitative estimate of drug-likeness (QED) is 0.918. The molecule has 0 radical (unpaired) electrons. The fourth-order valence-corrected chi connectivity index (χ4v) is 3.47. The molecule has 0 unspecified atom stereocenters. The lowest BCUT2D eigenvalue weighted by Gasteiger charge is -2.39. The molecule has 0 spiro atoms. The van der Waals surface area contributed by atoms with Gasteiger partial charge in [-0.15, -0.1) is 0 Å². The first-order valence-electron chi connectivity index (χ1n) is 8.81. The minimum absolute atomic E-state index is 0.0442. The number of hydrogen-bond acceptors (Lipinski definition) is 3. The molecule has 0 bridgehead atoms. The number of rotatable bonds is 4. The topological polar surface area (TPSA) is 44.8 Å². The van der Waals surface area contributed by atoms with Crippen molar-refractivity contribution in [3.8, 4) is 0 Å². The van der Waals surface area contributed by atoms with E-state index >= 15 is 0 Å². The maximum absolute atomic E-state index is 13.2. The number of ether oxygens (including phenoxy) is 1. The maximum atomic E-state index is 13.2. The Morgan fingerprint density at radius 3 is 2.88 bits per heavy atom. The van der Waals surface area contributed by atoms with Crippen LogP contribution in [0.4, 0.5) is 9.18 Å². The molecule has 3 rings (SSSR count). The standard InChI is InChI=1S/C18H26FN3O2/c19-16-5-3-4-15(12-16)13-20-18(23)22-7-2-1-6-17(22)14-21-8-10-24-11-9-21/h3-5,12,17H,1-2,6-11,13-14H2,(H,20,23)/t17-/m0/s1. The van der Waals surface area contributed by atoms with Crippen LogP contribution in [0.25, 0.3) is 0 Å². The van der Waals surface area contributed by atoms with Crippen LogP contribution < -0.4 is 5.32 Å². The first-order valence-corrected chi connectivity index (χ1v) is 8.81. The summed E-state index contributed by atoms with van der Waals surface area (Å²) in [5, 5.41) is 2.94. The lowest BCUT2D eigenvalue weighted by atomic mass is 10.0. The van der Waals surface area contributed by atoms with Crippen LogP contribution in [0.3, 0.4) is 0 Å². The van der Waals surface area contributed by atoms with Gasteiger partial charge in [0.05, 0.1) is 13.2 Å². The number of carbonyl (C=O) groups is 1. The molecule has 2 saturated heterocycles. The van der Waals surface area contributed by atoms with Crippen LogP contribution >= 0.6 is 0 Å². The number of piperidine rings is 1. The molecule has 2 aliphatic heterocycles. The smallest absolute Gasteiger partial charge is 0.317 e. The number of urea groups is 1. The molecule has 5 nitrogen and oxygen atoms in total. The van der Waals surface area contributed by atoms with Gasteiger partial charge in [0, 0.05) is 38.8 Å². The zero-order chi connectivity index (χ0) is 16.8. The van der Waals surface area contributed by atoms with E-state index in [0.717, 1.165) is 57.8 Å². The molecular weight excluding hydrogens is 309 g/mol. The zero-order valence-electron chi connectivity index (χ0n) is 14.0. The van der Waals surface area contributed by atoms with Gasteiger partial charge in [-0.25, -0.2) is 9.18 Å². The van der Waals surface area contributed by atoms with Crippen LogP contribution in [-0.4, -0.2) is 61.3 Å². The second-order valence-electron chi connectivity index (χ2n) is 6.54. The van der Waals surface area contributed by atoms with Crippen molar-refractivity contribution in [1.82, 2.24) is 15.1 Å². The van der Waals surface area contributed by atoms with Gasteiger partial charge in [-0.3, -0.25) is 4.90 Å². The molecule has 0 aromatic heterocycles. The van der Waals surface area contributed by atoms with Gasteiger partial charge in [-0.1, -0.05) is 12.1 Å². The maximum Gasteiger partial charge on any atom is 0.317 e. The molecule has 2 heterocycles. The van der Waals surface area contributed by atoms with Crippen molar-refractivity contribution < 1.29 is 13.9 Å². The molecule has 1 aromatic rings. The average Bonchev–Trinajstić information content (AvgIpc) is 2.61. The van der Waals surface area contributed by atoms with Gasteiger partial charge in [0.25, 0.3) is 0 Å². The van der Waals surface area contributed by atoms with Crippen molar-refractivity contribution in [3.05, 3.63) is 35.6 Å². The molecular formula is C18H26FN3O2. The first-order chi connectivity index (χ1) is 11.7. The van der Waals surface area contributed by atoms with E-state index in [2.05, 4.69) is 10.2 Å². The highest BCUT2D eigenvalue weighted by atomic mass is 19.1. The summed E-state index contributed by atoms with van der Waals surface area (Å²) in [6, 6.07) is 6.57. The Balaban J connectivity index is 1.54. The third-order valence-electron chi connectivity index (χ3n) is 4.79. The van der Waals surface area contributed by atoms with E-state index in [1.54, 1.807) is 6.07 Å². The molecule has 1 aromatic carbocycles. The number of likely N-dealkylation sites (tertiary alicyclic amines) is 1. The Hall–Kier alpha value is -1.66. The fraction of sp³-hybridized carbons (Fsp3) is 0.611. The van der Waals surface area contributed by atoms with Crippen LogP contribution in [0.15, 0.2) is 24.3 Å². The summed E-state index contributed by atoms with van der Waals surface area (Å²) >= 11 is 0. The van der Waals surface area contributed by atoms with E-state index in [-0.39, 0.29) is 17.9 Å². The fourth-order valence-electron chi connectivity index (χ4n) is 3.47. The average molecular weight is 335 g/mol. The van der Waals surface area contributed by atoms with Gasteiger partial charge < -0.3 is 15.0 Å². The van der Waals surface area contributed by atoms with Crippen molar-refractivity contribution >= 4 is 6.03 Å². The second kappa shape index (κ2) is 8.44.